The summed E-state index contributed by atoms with van der Waals surface area (Å²) < 4.78 is 0. The summed E-state index contributed by atoms with van der Waals surface area (Å²) in [5.74, 6) is 0. The van der Waals surface area contributed by atoms with E-state index in [1.807, 2.05) is 0 Å². The van der Waals surface area contributed by atoms with E-state index in [0.29, 0.717) is 0 Å². The summed E-state index contributed by atoms with van der Waals surface area (Å²) in [5, 5.41) is 8.59. The van der Waals surface area contributed by atoms with E-state index in [1.54, 1.807) is 0 Å². The van der Waals surface area contributed by atoms with E-state index in [0.717, 1.165) is 0 Å². The molecule has 2 atom stereocenters. The van der Waals surface area contributed by atoms with Crippen molar-refractivity contribution in [2.75, 3.05) is 13.3 Å². The number of rotatable bonds is 3. The Balaban J connectivity index is 0.00000104. The summed E-state index contributed by atoms with van der Waals surface area (Å²) >= 11 is 0. The van der Waals surface area contributed by atoms with Gasteiger partial charge in [-0.05, 0) is 13.3 Å². The van der Waals surface area contributed by atoms with Crippen molar-refractivity contribution in [2.45, 2.75) is 0 Å². The summed E-state index contributed by atoms with van der Waals surface area (Å²) in [5.41, 5.74) is 0. The molecule has 0 aliphatic rings. The van der Waals surface area contributed by atoms with Crippen molar-refractivity contribution in [3.63, 3.8) is 0 Å². The standard InChI is InChI=1S/C20H18P2.2FH.Zr/c1-21(19-11-15-7-3-4-8-16(15)12-19)22(2)20-13-17-9-5-6-10-18(17)14-20;;;/h3-14H,1-2H3;2*1H;/q-2;;;+4/p-2. The van der Waals surface area contributed by atoms with Gasteiger partial charge < -0.3 is 9.41 Å². The predicted molar refractivity (Wildman–Crippen MR) is 104 cm³/mol. The van der Waals surface area contributed by atoms with Gasteiger partial charge in [-0.15, -0.1) is 80.7 Å². The molecule has 0 aromatic heterocycles. The monoisotopic (exact) mass is 448 g/mol. The maximum Gasteiger partial charge on any atom is 4.00 e. The first-order chi connectivity index (χ1) is 10.7. The van der Waals surface area contributed by atoms with Crippen LogP contribution in [0.15, 0.2) is 72.8 Å². The topological polar surface area (TPSA) is 0 Å². The number of benzene rings is 2. The first-order valence-corrected chi connectivity index (χ1v) is 11.8. The zero-order valence-electron chi connectivity index (χ0n) is 14.1. The molecule has 0 radical (unpaired) electrons. The second-order valence-electron chi connectivity index (χ2n) is 5.73. The number of hydrogen-bond acceptors (Lipinski definition) is 0. The molecule has 0 aliphatic carbocycles. The summed E-state index contributed by atoms with van der Waals surface area (Å²) in [6, 6.07) is 27.0. The average molecular weight is 450 g/mol. The molecule has 0 amide bonds. The molecule has 25 heavy (non-hydrogen) atoms. The third-order valence-corrected chi connectivity index (χ3v) is 11.4. The molecule has 0 heterocycles. The summed E-state index contributed by atoms with van der Waals surface area (Å²) in [7, 11) is -0.264. The largest absolute Gasteiger partial charge is 4.00 e. The van der Waals surface area contributed by atoms with Gasteiger partial charge in [-0.2, -0.15) is 12.1 Å². The van der Waals surface area contributed by atoms with Crippen molar-refractivity contribution in [1.82, 2.24) is 0 Å². The Kier molecular flexibility index (Phi) is 8.27. The second kappa shape index (κ2) is 9.27. The van der Waals surface area contributed by atoms with Gasteiger partial charge in [0.05, 0.1) is 0 Å². The molecular formula is C20H18F2P2Zr. The fourth-order valence-electron chi connectivity index (χ4n) is 2.99. The molecule has 0 aliphatic heterocycles. The quantitative estimate of drug-likeness (QED) is 0.293. The Morgan fingerprint density at radius 3 is 1.36 bits per heavy atom. The second-order valence-corrected chi connectivity index (χ2v) is 12.5. The molecule has 0 spiro atoms. The minimum absolute atomic E-state index is 0. The van der Waals surface area contributed by atoms with E-state index < -0.39 is 0 Å². The van der Waals surface area contributed by atoms with Crippen LogP contribution in [0.5, 0.6) is 0 Å². The average Bonchev–Trinajstić information content (AvgIpc) is 3.16. The van der Waals surface area contributed by atoms with Crippen LogP contribution in [0, 0.1) is 0 Å². The van der Waals surface area contributed by atoms with Crippen LogP contribution in [0.2, 0.25) is 0 Å². The van der Waals surface area contributed by atoms with Crippen LogP contribution in [0.3, 0.4) is 0 Å². The van der Waals surface area contributed by atoms with Crippen molar-refractivity contribution in [1.29, 1.82) is 0 Å². The SMILES string of the molecule is CP(c1cc2ccccc2[cH-]1)P(C)c1cc2ccccc2[cH-]1.[F-].[F-].[Zr+4]. The van der Waals surface area contributed by atoms with Gasteiger partial charge >= 0.3 is 26.2 Å². The first-order valence-electron chi connectivity index (χ1n) is 7.51. The van der Waals surface area contributed by atoms with Gasteiger partial charge in [0.25, 0.3) is 0 Å². The van der Waals surface area contributed by atoms with Crippen molar-refractivity contribution < 1.29 is 35.6 Å². The van der Waals surface area contributed by atoms with E-state index in [1.165, 1.54) is 32.2 Å². The molecule has 4 rings (SSSR count). The van der Waals surface area contributed by atoms with Crippen molar-refractivity contribution >= 4 is 47.4 Å². The van der Waals surface area contributed by atoms with Crippen LogP contribution in [0.25, 0.3) is 21.5 Å². The molecule has 0 fully saturated rings. The Bertz CT molecular complexity index is 801. The van der Waals surface area contributed by atoms with Crippen LogP contribution >= 0.6 is 15.2 Å². The molecule has 0 saturated heterocycles. The fourth-order valence-corrected chi connectivity index (χ4v) is 7.76. The van der Waals surface area contributed by atoms with Gasteiger partial charge in [0, 0.05) is 0 Å². The summed E-state index contributed by atoms with van der Waals surface area (Å²) in [6.45, 7) is 4.87. The van der Waals surface area contributed by atoms with Gasteiger partial charge in [0.2, 0.25) is 0 Å². The fraction of sp³-hybridized carbons (Fsp3) is 0.100. The Morgan fingerprint density at radius 2 is 1.00 bits per heavy atom. The van der Waals surface area contributed by atoms with Gasteiger partial charge in [-0.1, -0.05) is 27.4 Å². The van der Waals surface area contributed by atoms with E-state index in [-0.39, 0.29) is 50.8 Å². The molecule has 2 unspecified atom stereocenters. The van der Waals surface area contributed by atoms with Crippen LogP contribution in [0.4, 0.5) is 0 Å². The summed E-state index contributed by atoms with van der Waals surface area (Å²) in [4.78, 5) is 0. The molecule has 0 nitrogen and oxygen atoms in total. The zero-order chi connectivity index (χ0) is 15.1. The first kappa shape index (κ1) is 22.3. The van der Waals surface area contributed by atoms with Crippen molar-refractivity contribution in [2.24, 2.45) is 0 Å². The van der Waals surface area contributed by atoms with E-state index in [2.05, 4.69) is 86.1 Å². The Hall–Kier alpha value is -0.737. The third kappa shape index (κ3) is 4.33. The van der Waals surface area contributed by atoms with E-state index >= 15 is 0 Å². The maximum absolute atomic E-state index is 2.44. The Morgan fingerprint density at radius 1 is 0.640 bits per heavy atom. The smallest absolute Gasteiger partial charge is 1.00 e. The zero-order valence-corrected chi connectivity index (χ0v) is 18.3. The molecule has 0 N–H and O–H groups in total. The van der Waals surface area contributed by atoms with Crippen LogP contribution in [0.1, 0.15) is 0 Å². The van der Waals surface area contributed by atoms with E-state index in [4.69, 9.17) is 0 Å². The normalized spacial score (nSPS) is 12.7. The molecule has 4 aromatic rings. The molecule has 126 valence electrons. The Labute approximate surface area is 168 Å². The third-order valence-electron chi connectivity index (χ3n) is 4.40. The van der Waals surface area contributed by atoms with Crippen molar-refractivity contribution in [3.05, 3.63) is 72.8 Å². The van der Waals surface area contributed by atoms with Gasteiger partial charge in [-0.3, -0.25) is 0 Å². The molecule has 0 bridgehead atoms. The predicted octanol–water partition coefficient (Wildman–Crippen LogP) is -0.474. The molecule has 4 aromatic carbocycles. The number of fused-ring (bicyclic) bond motifs is 2. The van der Waals surface area contributed by atoms with Gasteiger partial charge in [0.15, 0.2) is 0 Å². The van der Waals surface area contributed by atoms with Crippen LogP contribution in [-0.4, -0.2) is 13.3 Å². The number of hydrogen-bond donors (Lipinski definition) is 0. The summed E-state index contributed by atoms with van der Waals surface area (Å²) in [6.07, 6.45) is 0. The van der Waals surface area contributed by atoms with Gasteiger partial charge in [0.1, 0.15) is 0 Å². The van der Waals surface area contributed by atoms with Crippen molar-refractivity contribution in [3.8, 4) is 0 Å². The maximum atomic E-state index is 2.44. The minimum Gasteiger partial charge on any atom is -1.00 e. The van der Waals surface area contributed by atoms with E-state index in [9.17, 15) is 0 Å². The minimum atomic E-state index is -0.132. The van der Waals surface area contributed by atoms with Crippen LogP contribution in [-0.2, 0) is 26.2 Å². The van der Waals surface area contributed by atoms with Gasteiger partial charge in [-0.25, -0.2) is 0 Å². The van der Waals surface area contributed by atoms with Crippen LogP contribution < -0.4 is 20.0 Å². The number of halogens is 2. The molecule has 5 heteroatoms. The molecule has 0 saturated carbocycles. The molecular weight excluding hydrogens is 431 g/mol.